The van der Waals surface area contributed by atoms with E-state index >= 15 is 0 Å². The molecule has 0 aromatic heterocycles. The molecule has 0 amide bonds. The Labute approximate surface area is 167 Å². The molecule has 0 aliphatic rings. The van der Waals surface area contributed by atoms with Gasteiger partial charge in [-0.05, 0) is 38.2 Å². The van der Waals surface area contributed by atoms with Gasteiger partial charge in [0.25, 0.3) is 0 Å². The number of benzene rings is 2. The maximum Gasteiger partial charge on any atom is 0.339 e. The second kappa shape index (κ2) is 9.46. The van der Waals surface area contributed by atoms with Gasteiger partial charge in [0.05, 0.1) is 26.9 Å². The summed E-state index contributed by atoms with van der Waals surface area (Å²) in [6.45, 7) is 2.57. The third-order valence-electron chi connectivity index (χ3n) is 4.63. The van der Waals surface area contributed by atoms with Crippen LogP contribution in [0.3, 0.4) is 0 Å². The largest absolute Gasteiger partial charge is 0.493 e. The Balaban J connectivity index is 2.46. The lowest BCUT2D eigenvalue weighted by Gasteiger charge is -2.35. The summed E-state index contributed by atoms with van der Waals surface area (Å²) >= 11 is 0. The van der Waals surface area contributed by atoms with Gasteiger partial charge in [-0.25, -0.2) is 4.79 Å². The summed E-state index contributed by atoms with van der Waals surface area (Å²) in [5.74, 6) is 0.790. The number of esters is 1. The highest BCUT2D eigenvalue weighted by atomic mass is 16.6. The summed E-state index contributed by atoms with van der Waals surface area (Å²) in [4.78, 5) is 15.1. The van der Waals surface area contributed by atoms with Crippen molar-refractivity contribution in [1.82, 2.24) is 4.90 Å². The van der Waals surface area contributed by atoms with Gasteiger partial charge in [0.1, 0.15) is 5.60 Å². The Morgan fingerprint density at radius 3 is 1.96 bits per heavy atom. The maximum absolute atomic E-state index is 13.1. The Morgan fingerprint density at radius 1 is 0.964 bits per heavy atom. The highest BCUT2D eigenvalue weighted by Crippen LogP contribution is 2.39. The van der Waals surface area contributed by atoms with Crippen molar-refractivity contribution in [1.29, 1.82) is 0 Å². The zero-order chi connectivity index (χ0) is 20.7. The predicted molar refractivity (Wildman–Crippen MR) is 108 cm³/mol. The summed E-state index contributed by atoms with van der Waals surface area (Å²) < 4.78 is 22.1. The average molecular weight is 387 g/mol. The van der Waals surface area contributed by atoms with Crippen molar-refractivity contribution in [3.8, 4) is 17.2 Å². The molecule has 2 aromatic rings. The van der Waals surface area contributed by atoms with Crippen LogP contribution in [0, 0.1) is 0 Å². The number of carbonyl (C=O) groups is 1. The quantitative estimate of drug-likeness (QED) is 0.611. The number of ether oxygens (including phenoxy) is 4. The molecule has 0 aliphatic carbocycles. The fraction of sp³-hybridized carbons (Fsp3) is 0.409. The van der Waals surface area contributed by atoms with Crippen LogP contribution in [-0.4, -0.2) is 52.8 Å². The van der Waals surface area contributed by atoms with E-state index in [1.807, 2.05) is 56.3 Å². The summed E-state index contributed by atoms with van der Waals surface area (Å²) in [5, 5.41) is 0. The highest BCUT2D eigenvalue weighted by Gasteiger charge is 2.36. The molecule has 1 atom stereocenters. The monoisotopic (exact) mass is 387 g/mol. The van der Waals surface area contributed by atoms with Crippen LogP contribution in [0.5, 0.6) is 17.2 Å². The smallest absolute Gasteiger partial charge is 0.339 e. The van der Waals surface area contributed by atoms with Crippen molar-refractivity contribution >= 4 is 5.97 Å². The lowest BCUT2D eigenvalue weighted by molar-refractivity contribution is -0.0359. The van der Waals surface area contributed by atoms with Gasteiger partial charge in [0.2, 0.25) is 5.75 Å². The van der Waals surface area contributed by atoms with Gasteiger partial charge >= 0.3 is 5.97 Å². The second-order valence-corrected chi connectivity index (χ2v) is 6.76. The van der Waals surface area contributed by atoms with Gasteiger partial charge in [-0.3, -0.25) is 0 Å². The standard InChI is InChI=1S/C22H29NO5/c1-7-22(15-23(2)3,17-11-9-8-10-12-17)28-21(24)16-13-18(25-4)20(27-6)19(14-16)26-5/h8-14H,7,15H2,1-6H3. The third-order valence-corrected chi connectivity index (χ3v) is 4.63. The summed E-state index contributed by atoms with van der Waals surface area (Å²) in [6, 6.07) is 13.0. The SMILES string of the molecule is CCC(CN(C)C)(OC(=O)c1cc(OC)c(OC)c(OC)c1)c1ccccc1. The lowest BCUT2D eigenvalue weighted by Crippen LogP contribution is -2.41. The van der Waals surface area contributed by atoms with E-state index in [4.69, 9.17) is 18.9 Å². The molecule has 0 saturated carbocycles. The molecule has 0 N–H and O–H groups in total. The molecule has 152 valence electrons. The van der Waals surface area contributed by atoms with E-state index in [1.54, 1.807) is 12.1 Å². The van der Waals surface area contributed by atoms with Gasteiger partial charge in [-0.2, -0.15) is 0 Å². The van der Waals surface area contributed by atoms with Crippen molar-refractivity contribution in [2.45, 2.75) is 18.9 Å². The first-order valence-electron chi connectivity index (χ1n) is 9.14. The summed E-state index contributed by atoms with van der Waals surface area (Å²) in [6.07, 6.45) is 0.630. The number of methoxy groups -OCH3 is 3. The maximum atomic E-state index is 13.1. The minimum absolute atomic E-state index is 0.335. The van der Waals surface area contributed by atoms with Crippen molar-refractivity contribution in [2.75, 3.05) is 42.0 Å². The van der Waals surface area contributed by atoms with Gasteiger partial charge in [0, 0.05) is 6.54 Å². The van der Waals surface area contributed by atoms with E-state index in [9.17, 15) is 4.79 Å². The Bertz CT molecular complexity index is 766. The van der Waals surface area contributed by atoms with Gasteiger partial charge in [-0.1, -0.05) is 37.3 Å². The van der Waals surface area contributed by atoms with Crippen molar-refractivity contribution in [3.63, 3.8) is 0 Å². The first-order valence-corrected chi connectivity index (χ1v) is 9.14. The minimum Gasteiger partial charge on any atom is -0.493 e. The Kier molecular flexibility index (Phi) is 7.29. The van der Waals surface area contributed by atoms with Crippen LogP contribution < -0.4 is 14.2 Å². The van der Waals surface area contributed by atoms with Crippen LogP contribution in [0.25, 0.3) is 0 Å². The van der Waals surface area contributed by atoms with E-state index < -0.39 is 11.6 Å². The number of hydrogen-bond acceptors (Lipinski definition) is 6. The van der Waals surface area contributed by atoms with Crippen LogP contribution in [0.2, 0.25) is 0 Å². The predicted octanol–water partition coefficient (Wildman–Crippen LogP) is 3.74. The van der Waals surface area contributed by atoms with Gasteiger partial charge in [0.15, 0.2) is 11.5 Å². The molecule has 0 aliphatic heterocycles. The first-order chi connectivity index (χ1) is 13.4. The van der Waals surface area contributed by atoms with E-state index in [2.05, 4.69) is 0 Å². The van der Waals surface area contributed by atoms with Crippen LogP contribution in [-0.2, 0) is 10.3 Å². The topological polar surface area (TPSA) is 57.2 Å². The van der Waals surface area contributed by atoms with E-state index in [0.29, 0.717) is 35.8 Å². The zero-order valence-corrected chi connectivity index (χ0v) is 17.4. The molecule has 2 rings (SSSR count). The number of rotatable bonds is 9. The fourth-order valence-corrected chi connectivity index (χ4v) is 3.26. The first kappa shape index (κ1) is 21.6. The molecule has 28 heavy (non-hydrogen) atoms. The second-order valence-electron chi connectivity index (χ2n) is 6.76. The number of nitrogens with zero attached hydrogens (tertiary/aromatic N) is 1. The molecule has 0 spiro atoms. The molecule has 6 nitrogen and oxygen atoms in total. The zero-order valence-electron chi connectivity index (χ0n) is 17.4. The highest BCUT2D eigenvalue weighted by molar-refractivity contribution is 5.91. The number of carbonyl (C=O) groups excluding carboxylic acids is 1. The summed E-state index contributed by atoms with van der Waals surface area (Å²) in [7, 11) is 8.46. The van der Waals surface area contributed by atoms with Crippen LogP contribution in [0.1, 0.15) is 29.3 Å². The van der Waals surface area contributed by atoms with E-state index in [-0.39, 0.29) is 0 Å². The van der Waals surface area contributed by atoms with Crippen LogP contribution in [0.4, 0.5) is 0 Å². The molecule has 0 fully saturated rings. The molecular weight excluding hydrogens is 358 g/mol. The van der Waals surface area contributed by atoms with Crippen LogP contribution >= 0.6 is 0 Å². The average Bonchev–Trinajstić information content (AvgIpc) is 2.72. The molecule has 1 unspecified atom stereocenters. The van der Waals surface area contributed by atoms with Crippen molar-refractivity contribution in [3.05, 3.63) is 53.6 Å². The fourth-order valence-electron chi connectivity index (χ4n) is 3.26. The normalized spacial score (nSPS) is 13.0. The van der Waals surface area contributed by atoms with Crippen molar-refractivity contribution in [2.24, 2.45) is 0 Å². The van der Waals surface area contributed by atoms with E-state index in [0.717, 1.165) is 5.56 Å². The number of hydrogen-bond donors (Lipinski definition) is 0. The van der Waals surface area contributed by atoms with Crippen LogP contribution in [0.15, 0.2) is 42.5 Å². The molecule has 6 heteroatoms. The van der Waals surface area contributed by atoms with Gasteiger partial charge in [-0.15, -0.1) is 0 Å². The Morgan fingerprint density at radius 2 is 1.54 bits per heavy atom. The molecule has 0 saturated heterocycles. The molecule has 0 bridgehead atoms. The molecule has 0 radical (unpaired) electrons. The molecular formula is C22H29NO5. The minimum atomic E-state index is -0.776. The third kappa shape index (κ3) is 4.57. The molecule has 2 aromatic carbocycles. The van der Waals surface area contributed by atoms with E-state index in [1.165, 1.54) is 21.3 Å². The van der Waals surface area contributed by atoms with Crippen molar-refractivity contribution < 1.29 is 23.7 Å². The number of likely N-dealkylation sites (N-methyl/N-ethyl adjacent to an activating group) is 1. The van der Waals surface area contributed by atoms with Gasteiger partial charge < -0.3 is 23.8 Å². The Hall–Kier alpha value is -2.73. The lowest BCUT2D eigenvalue weighted by atomic mass is 9.90. The summed E-state index contributed by atoms with van der Waals surface area (Å²) in [5.41, 5.74) is 0.511. The molecule has 0 heterocycles.